The summed E-state index contributed by atoms with van der Waals surface area (Å²) in [5, 5.41) is 2.66. The Morgan fingerprint density at radius 3 is 2.45 bits per heavy atom. The molecule has 20 heavy (non-hydrogen) atoms. The minimum atomic E-state index is -0.736. The molecule has 0 unspecified atom stereocenters. The van der Waals surface area contributed by atoms with Crippen LogP contribution in [0.15, 0.2) is 30.3 Å². The van der Waals surface area contributed by atoms with Gasteiger partial charge in [-0.05, 0) is 12.0 Å². The summed E-state index contributed by atoms with van der Waals surface area (Å²) in [5.74, 6) is -0.867. The third-order valence-corrected chi connectivity index (χ3v) is 3.08. The SMILES string of the molecule is CCCC[C@@H](NC(=O)[C@H](OC)c1ccccc1)C(N)=O. The largest absolute Gasteiger partial charge is 0.368 e. The van der Waals surface area contributed by atoms with E-state index >= 15 is 0 Å². The van der Waals surface area contributed by atoms with Gasteiger partial charge < -0.3 is 15.8 Å². The molecule has 0 aliphatic rings. The number of amides is 2. The van der Waals surface area contributed by atoms with Crippen molar-refractivity contribution in [3.63, 3.8) is 0 Å². The zero-order valence-electron chi connectivity index (χ0n) is 12.0. The highest BCUT2D eigenvalue weighted by atomic mass is 16.5. The van der Waals surface area contributed by atoms with Gasteiger partial charge in [-0.1, -0.05) is 50.1 Å². The van der Waals surface area contributed by atoms with Crippen LogP contribution in [0.4, 0.5) is 0 Å². The number of nitrogens with one attached hydrogen (secondary N) is 1. The van der Waals surface area contributed by atoms with Gasteiger partial charge in [-0.15, -0.1) is 0 Å². The number of rotatable bonds is 8. The number of methoxy groups -OCH3 is 1. The van der Waals surface area contributed by atoms with Crippen LogP contribution >= 0.6 is 0 Å². The molecule has 1 aromatic carbocycles. The Morgan fingerprint density at radius 2 is 1.95 bits per heavy atom. The van der Waals surface area contributed by atoms with Gasteiger partial charge >= 0.3 is 0 Å². The molecule has 0 heterocycles. The second kappa shape index (κ2) is 8.32. The van der Waals surface area contributed by atoms with Crippen LogP contribution in [-0.2, 0) is 14.3 Å². The van der Waals surface area contributed by atoms with Crippen LogP contribution in [0.5, 0.6) is 0 Å². The lowest BCUT2D eigenvalue weighted by atomic mass is 10.1. The van der Waals surface area contributed by atoms with Gasteiger partial charge in [0, 0.05) is 7.11 Å². The minimum Gasteiger partial charge on any atom is -0.368 e. The first-order valence-electron chi connectivity index (χ1n) is 6.77. The fraction of sp³-hybridized carbons (Fsp3) is 0.467. The Morgan fingerprint density at radius 1 is 1.30 bits per heavy atom. The first-order chi connectivity index (χ1) is 9.60. The molecule has 1 rings (SSSR count). The smallest absolute Gasteiger partial charge is 0.254 e. The minimum absolute atomic E-state index is 0.349. The predicted molar refractivity (Wildman–Crippen MR) is 76.8 cm³/mol. The molecule has 1 aromatic rings. The number of hydrogen-bond donors (Lipinski definition) is 2. The van der Waals surface area contributed by atoms with Crippen LogP contribution in [0.2, 0.25) is 0 Å². The second-order valence-corrected chi connectivity index (χ2v) is 4.63. The number of benzene rings is 1. The summed E-state index contributed by atoms with van der Waals surface area (Å²) < 4.78 is 5.22. The number of primary amides is 1. The Kier molecular flexibility index (Phi) is 6.73. The van der Waals surface area contributed by atoms with Crippen molar-refractivity contribution in [2.24, 2.45) is 5.73 Å². The number of nitrogens with two attached hydrogens (primary N) is 1. The third-order valence-electron chi connectivity index (χ3n) is 3.08. The van der Waals surface area contributed by atoms with Crippen LogP contribution in [0.25, 0.3) is 0 Å². The zero-order chi connectivity index (χ0) is 15.0. The molecule has 0 fully saturated rings. The lowest BCUT2D eigenvalue weighted by Crippen LogP contribution is -2.46. The summed E-state index contributed by atoms with van der Waals surface area (Å²) in [7, 11) is 1.46. The molecule has 0 aliphatic carbocycles. The van der Waals surface area contributed by atoms with E-state index in [0.29, 0.717) is 6.42 Å². The molecule has 0 spiro atoms. The van der Waals surface area contributed by atoms with E-state index in [9.17, 15) is 9.59 Å². The van der Waals surface area contributed by atoms with E-state index in [1.165, 1.54) is 7.11 Å². The molecular formula is C15H22N2O3. The fourth-order valence-electron chi connectivity index (χ4n) is 1.96. The number of carbonyl (C=O) groups excluding carboxylic acids is 2. The van der Waals surface area contributed by atoms with Gasteiger partial charge in [0.2, 0.25) is 5.91 Å². The molecule has 2 amide bonds. The summed E-state index contributed by atoms with van der Waals surface area (Å²) in [6.45, 7) is 2.02. The maximum atomic E-state index is 12.2. The highest BCUT2D eigenvalue weighted by Gasteiger charge is 2.24. The van der Waals surface area contributed by atoms with Crippen LogP contribution in [0.1, 0.15) is 37.9 Å². The van der Waals surface area contributed by atoms with Crippen LogP contribution < -0.4 is 11.1 Å². The van der Waals surface area contributed by atoms with E-state index in [1.807, 2.05) is 25.1 Å². The molecule has 0 bridgehead atoms. The Hall–Kier alpha value is -1.88. The lowest BCUT2D eigenvalue weighted by molar-refractivity contribution is -0.135. The summed E-state index contributed by atoms with van der Waals surface area (Å²) >= 11 is 0. The van der Waals surface area contributed by atoms with Gasteiger partial charge in [0.1, 0.15) is 6.04 Å². The maximum absolute atomic E-state index is 12.2. The standard InChI is InChI=1S/C15H22N2O3/c1-3-4-10-12(14(16)18)17-15(19)13(20-2)11-8-6-5-7-9-11/h5-9,12-13H,3-4,10H2,1-2H3,(H2,16,18)(H,17,19)/t12-,13-/m1/s1. The highest BCUT2D eigenvalue weighted by Crippen LogP contribution is 2.16. The quantitative estimate of drug-likeness (QED) is 0.756. The molecule has 0 aliphatic heterocycles. The van der Waals surface area contributed by atoms with Crippen molar-refractivity contribution in [2.45, 2.75) is 38.3 Å². The number of ether oxygens (including phenoxy) is 1. The predicted octanol–water partition coefficient (Wildman–Crippen LogP) is 1.53. The fourth-order valence-corrected chi connectivity index (χ4v) is 1.96. The van der Waals surface area contributed by atoms with Crippen molar-refractivity contribution in [2.75, 3.05) is 7.11 Å². The van der Waals surface area contributed by atoms with Gasteiger partial charge in [-0.2, -0.15) is 0 Å². The molecule has 5 heteroatoms. The van der Waals surface area contributed by atoms with Gasteiger partial charge in [0.25, 0.3) is 5.91 Å². The topological polar surface area (TPSA) is 81.4 Å². The molecule has 110 valence electrons. The maximum Gasteiger partial charge on any atom is 0.254 e. The molecule has 0 radical (unpaired) electrons. The molecular weight excluding hydrogens is 256 g/mol. The average molecular weight is 278 g/mol. The average Bonchev–Trinajstić information content (AvgIpc) is 2.45. The first-order valence-corrected chi connectivity index (χ1v) is 6.77. The summed E-state index contributed by atoms with van der Waals surface area (Å²) in [4.78, 5) is 23.6. The lowest BCUT2D eigenvalue weighted by Gasteiger charge is -2.20. The van der Waals surface area contributed by atoms with E-state index in [2.05, 4.69) is 5.32 Å². The van der Waals surface area contributed by atoms with Crippen molar-refractivity contribution in [3.05, 3.63) is 35.9 Å². The second-order valence-electron chi connectivity index (χ2n) is 4.63. The van der Waals surface area contributed by atoms with E-state index in [4.69, 9.17) is 10.5 Å². The molecule has 0 saturated carbocycles. The number of unbranched alkanes of at least 4 members (excludes halogenated alkanes) is 1. The Bertz CT molecular complexity index is 434. The molecule has 0 aromatic heterocycles. The van der Waals surface area contributed by atoms with Crippen LogP contribution in [0.3, 0.4) is 0 Å². The van der Waals surface area contributed by atoms with Gasteiger partial charge in [0.05, 0.1) is 0 Å². The summed E-state index contributed by atoms with van der Waals surface area (Å²) in [5.41, 5.74) is 6.05. The van der Waals surface area contributed by atoms with Crippen molar-refractivity contribution in [3.8, 4) is 0 Å². The van der Waals surface area contributed by atoms with E-state index in [1.54, 1.807) is 12.1 Å². The zero-order valence-corrected chi connectivity index (χ0v) is 12.0. The van der Waals surface area contributed by atoms with Crippen LogP contribution in [0, 0.1) is 0 Å². The Labute approximate surface area is 119 Å². The molecule has 0 saturated heterocycles. The van der Waals surface area contributed by atoms with Crippen molar-refractivity contribution in [1.29, 1.82) is 0 Å². The monoisotopic (exact) mass is 278 g/mol. The summed E-state index contributed by atoms with van der Waals surface area (Å²) in [6, 6.07) is 8.48. The summed E-state index contributed by atoms with van der Waals surface area (Å²) in [6.07, 6.45) is 1.57. The van der Waals surface area contributed by atoms with E-state index in [0.717, 1.165) is 18.4 Å². The highest BCUT2D eigenvalue weighted by molar-refractivity contribution is 5.89. The van der Waals surface area contributed by atoms with Crippen molar-refractivity contribution in [1.82, 2.24) is 5.32 Å². The van der Waals surface area contributed by atoms with Gasteiger partial charge in [-0.3, -0.25) is 9.59 Å². The number of hydrogen-bond acceptors (Lipinski definition) is 3. The molecule has 2 atom stereocenters. The van der Waals surface area contributed by atoms with E-state index < -0.39 is 18.1 Å². The van der Waals surface area contributed by atoms with Gasteiger partial charge in [-0.25, -0.2) is 0 Å². The Balaban J connectivity index is 2.73. The normalized spacial score (nSPS) is 13.5. The van der Waals surface area contributed by atoms with Crippen LogP contribution in [-0.4, -0.2) is 25.0 Å². The van der Waals surface area contributed by atoms with Crippen molar-refractivity contribution >= 4 is 11.8 Å². The number of carbonyl (C=O) groups is 2. The third kappa shape index (κ3) is 4.66. The first kappa shape index (κ1) is 16.2. The van der Waals surface area contributed by atoms with E-state index in [-0.39, 0.29) is 5.91 Å². The molecule has 3 N–H and O–H groups in total. The van der Waals surface area contributed by atoms with Crippen molar-refractivity contribution < 1.29 is 14.3 Å². The molecule has 5 nitrogen and oxygen atoms in total. The van der Waals surface area contributed by atoms with Gasteiger partial charge in [0.15, 0.2) is 6.10 Å².